The lowest BCUT2D eigenvalue weighted by Gasteiger charge is -2.40. The highest BCUT2D eigenvalue weighted by Gasteiger charge is 2.30. The summed E-state index contributed by atoms with van der Waals surface area (Å²) in [6, 6.07) is 7.31. The van der Waals surface area contributed by atoms with Crippen LogP contribution in [0.1, 0.15) is 19.4 Å². The lowest BCUT2D eigenvalue weighted by molar-refractivity contribution is -0.141. The number of alkyl halides is 1. The Balaban J connectivity index is 1.96. The van der Waals surface area contributed by atoms with E-state index in [0.717, 1.165) is 5.56 Å². The molecule has 0 N–H and O–H groups in total. The monoisotopic (exact) mass is 342 g/mol. The number of hydrogen-bond acceptors (Lipinski definition) is 2. The maximum atomic E-state index is 12.5. The Labute approximate surface area is 141 Å². The van der Waals surface area contributed by atoms with Crippen molar-refractivity contribution in [3.05, 3.63) is 34.9 Å². The van der Waals surface area contributed by atoms with E-state index >= 15 is 0 Å². The van der Waals surface area contributed by atoms with Gasteiger partial charge in [0.25, 0.3) is 0 Å². The predicted molar refractivity (Wildman–Crippen MR) is 88.2 cm³/mol. The first-order valence-electron chi connectivity index (χ1n) is 7.35. The maximum Gasteiger partial charge on any atom is 0.240 e. The van der Waals surface area contributed by atoms with Crippen molar-refractivity contribution >= 4 is 35.0 Å². The molecule has 2 atom stereocenters. The minimum absolute atomic E-state index is 0.0141. The van der Waals surface area contributed by atoms with Crippen molar-refractivity contribution in [2.75, 3.05) is 19.6 Å². The molecule has 6 heteroatoms. The molecule has 1 saturated heterocycles. The van der Waals surface area contributed by atoms with Gasteiger partial charge in [0, 0.05) is 30.7 Å². The summed E-state index contributed by atoms with van der Waals surface area (Å²) >= 11 is 11.8. The van der Waals surface area contributed by atoms with Crippen LogP contribution >= 0.6 is 23.2 Å². The topological polar surface area (TPSA) is 40.6 Å². The number of nitrogens with zero attached hydrogens (tertiary/aromatic N) is 2. The van der Waals surface area contributed by atoms with Crippen LogP contribution in [0.25, 0.3) is 0 Å². The van der Waals surface area contributed by atoms with Gasteiger partial charge in [0.1, 0.15) is 5.38 Å². The smallest absolute Gasteiger partial charge is 0.240 e. The molecule has 1 aliphatic rings. The third-order valence-electron chi connectivity index (χ3n) is 3.84. The second-order valence-corrected chi connectivity index (χ2v) is 6.73. The van der Waals surface area contributed by atoms with E-state index in [1.54, 1.807) is 24.0 Å². The highest BCUT2D eigenvalue weighted by molar-refractivity contribution is 6.30. The molecule has 2 rings (SSSR count). The number of carbonyl (C=O) groups excluding carboxylic acids is 2. The molecule has 0 spiro atoms. The molecule has 0 saturated carbocycles. The highest BCUT2D eigenvalue weighted by Crippen LogP contribution is 2.16. The summed E-state index contributed by atoms with van der Waals surface area (Å²) in [5, 5.41) is 0.103. The Morgan fingerprint density at radius 1 is 1.36 bits per heavy atom. The fourth-order valence-corrected chi connectivity index (χ4v) is 3.05. The summed E-state index contributed by atoms with van der Waals surface area (Å²) in [7, 11) is 0. The van der Waals surface area contributed by atoms with Gasteiger partial charge < -0.3 is 9.80 Å². The molecular weight excluding hydrogens is 323 g/mol. The van der Waals surface area contributed by atoms with Crippen LogP contribution in [-0.4, -0.2) is 52.7 Å². The molecule has 1 aromatic carbocycles. The van der Waals surface area contributed by atoms with Gasteiger partial charge in [-0.25, -0.2) is 0 Å². The Morgan fingerprint density at radius 3 is 2.68 bits per heavy atom. The predicted octanol–water partition coefficient (Wildman–Crippen LogP) is 2.57. The molecule has 0 bridgehead atoms. The Morgan fingerprint density at radius 2 is 2.09 bits per heavy atom. The molecule has 0 radical (unpaired) electrons. The zero-order valence-electron chi connectivity index (χ0n) is 12.8. The zero-order chi connectivity index (χ0) is 16.3. The maximum absolute atomic E-state index is 12.5. The van der Waals surface area contributed by atoms with Gasteiger partial charge in [-0.05, 0) is 31.5 Å². The number of rotatable bonds is 3. The summed E-state index contributed by atoms with van der Waals surface area (Å²) in [6.07, 6.45) is 0.324. The molecule has 2 amide bonds. The second kappa shape index (κ2) is 7.34. The minimum atomic E-state index is -0.527. The van der Waals surface area contributed by atoms with Crippen molar-refractivity contribution in [2.45, 2.75) is 31.7 Å². The average Bonchev–Trinajstić information content (AvgIpc) is 2.46. The van der Waals surface area contributed by atoms with Gasteiger partial charge in [0.15, 0.2) is 0 Å². The Bertz CT molecular complexity index is 563. The largest absolute Gasteiger partial charge is 0.338 e. The number of benzene rings is 1. The molecule has 120 valence electrons. The van der Waals surface area contributed by atoms with Gasteiger partial charge in [-0.2, -0.15) is 0 Å². The quantitative estimate of drug-likeness (QED) is 0.792. The molecule has 0 aliphatic carbocycles. The van der Waals surface area contributed by atoms with Crippen molar-refractivity contribution in [1.29, 1.82) is 0 Å². The number of carbonyl (C=O) groups is 2. The van der Waals surface area contributed by atoms with Gasteiger partial charge >= 0.3 is 0 Å². The number of amides is 2. The molecule has 4 nitrogen and oxygen atoms in total. The van der Waals surface area contributed by atoms with Crippen LogP contribution in [0.15, 0.2) is 24.3 Å². The van der Waals surface area contributed by atoms with Gasteiger partial charge in [-0.1, -0.05) is 23.7 Å². The first-order chi connectivity index (χ1) is 10.4. The van der Waals surface area contributed by atoms with Crippen LogP contribution in [0, 0.1) is 0 Å². The highest BCUT2D eigenvalue weighted by atomic mass is 35.5. The first kappa shape index (κ1) is 17.1. The normalized spacial score (nSPS) is 19.9. The molecule has 2 unspecified atom stereocenters. The number of halogens is 2. The van der Waals surface area contributed by atoms with Gasteiger partial charge in [-0.15, -0.1) is 11.6 Å². The van der Waals surface area contributed by atoms with E-state index in [1.807, 2.05) is 24.0 Å². The van der Waals surface area contributed by atoms with Crippen molar-refractivity contribution in [3.8, 4) is 0 Å². The summed E-state index contributed by atoms with van der Waals surface area (Å²) in [6.45, 7) is 5.22. The van der Waals surface area contributed by atoms with Crippen LogP contribution < -0.4 is 0 Å². The van der Waals surface area contributed by atoms with Gasteiger partial charge in [0.05, 0.1) is 6.42 Å². The summed E-state index contributed by atoms with van der Waals surface area (Å²) in [5.41, 5.74) is 0.901. The molecule has 22 heavy (non-hydrogen) atoms. The lowest BCUT2D eigenvalue weighted by Crippen LogP contribution is -2.56. The standard InChI is InChI=1S/C16H20Cl2N2O2/c1-11-10-19(16(22)12(2)17)6-7-20(11)15(21)9-13-4-3-5-14(18)8-13/h3-5,8,11-12H,6-7,9-10H2,1-2H3. The van der Waals surface area contributed by atoms with Crippen LogP contribution in [0.4, 0.5) is 0 Å². The van der Waals surface area contributed by atoms with Gasteiger partial charge in [-0.3, -0.25) is 9.59 Å². The van der Waals surface area contributed by atoms with E-state index in [0.29, 0.717) is 31.1 Å². The van der Waals surface area contributed by atoms with Crippen LogP contribution in [0.2, 0.25) is 5.02 Å². The summed E-state index contributed by atoms with van der Waals surface area (Å²) in [5.74, 6) is -0.0174. The van der Waals surface area contributed by atoms with E-state index in [2.05, 4.69) is 0 Å². The summed E-state index contributed by atoms with van der Waals surface area (Å²) in [4.78, 5) is 27.9. The van der Waals surface area contributed by atoms with Crippen LogP contribution in [0.3, 0.4) is 0 Å². The molecule has 0 aromatic heterocycles. The van der Waals surface area contributed by atoms with Gasteiger partial charge in [0.2, 0.25) is 11.8 Å². The number of hydrogen-bond donors (Lipinski definition) is 0. The molecule has 1 fully saturated rings. The van der Waals surface area contributed by atoms with E-state index in [-0.39, 0.29) is 17.9 Å². The SMILES string of the molecule is CC(Cl)C(=O)N1CCN(C(=O)Cc2cccc(Cl)c2)C(C)C1. The van der Waals surface area contributed by atoms with E-state index < -0.39 is 5.38 Å². The van der Waals surface area contributed by atoms with Crippen LogP contribution in [0.5, 0.6) is 0 Å². The Hall–Kier alpha value is -1.26. The van der Waals surface area contributed by atoms with Crippen molar-refractivity contribution in [1.82, 2.24) is 9.80 Å². The van der Waals surface area contributed by atoms with E-state index in [4.69, 9.17) is 23.2 Å². The lowest BCUT2D eigenvalue weighted by atomic mass is 10.1. The van der Waals surface area contributed by atoms with E-state index in [9.17, 15) is 9.59 Å². The second-order valence-electron chi connectivity index (χ2n) is 5.64. The van der Waals surface area contributed by atoms with Crippen LogP contribution in [-0.2, 0) is 16.0 Å². The third-order valence-corrected chi connectivity index (χ3v) is 4.27. The Kier molecular flexibility index (Phi) is 5.70. The molecule has 1 aliphatic heterocycles. The fraction of sp³-hybridized carbons (Fsp3) is 0.500. The average molecular weight is 343 g/mol. The minimum Gasteiger partial charge on any atom is -0.338 e. The molecule has 1 aromatic rings. The molecular formula is C16H20Cl2N2O2. The zero-order valence-corrected chi connectivity index (χ0v) is 14.3. The van der Waals surface area contributed by atoms with Crippen molar-refractivity contribution in [3.63, 3.8) is 0 Å². The fourth-order valence-electron chi connectivity index (χ4n) is 2.70. The van der Waals surface area contributed by atoms with Crippen molar-refractivity contribution < 1.29 is 9.59 Å². The summed E-state index contributed by atoms with van der Waals surface area (Å²) < 4.78 is 0. The van der Waals surface area contributed by atoms with Crippen molar-refractivity contribution in [2.24, 2.45) is 0 Å². The van der Waals surface area contributed by atoms with E-state index in [1.165, 1.54) is 0 Å². The first-order valence-corrected chi connectivity index (χ1v) is 8.16. The molecule has 1 heterocycles. The number of piperazine rings is 1. The third kappa shape index (κ3) is 4.14.